The monoisotopic (exact) mass is 352 g/mol. The zero-order valence-electron chi connectivity index (χ0n) is 14.3. The van der Waals surface area contributed by atoms with Crippen molar-refractivity contribution in [2.75, 3.05) is 0 Å². The summed E-state index contributed by atoms with van der Waals surface area (Å²) in [4.78, 5) is 28.8. The Labute approximate surface area is 153 Å². The third-order valence-electron chi connectivity index (χ3n) is 4.39. The van der Waals surface area contributed by atoms with Crippen molar-refractivity contribution in [3.8, 4) is 0 Å². The van der Waals surface area contributed by atoms with Gasteiger partial charge in [0.05, 0.1) is 13.1 Å². The van der Waals surface area contributed by atoms with E-state index >= 15 is 0 Å². The molecule has 0 spiro atoms. The second-order valence-electron chi connectivity index (χ2n) is 6.66. The smallest absolute Gasteiger partial charge is 0.244 e. The highest BCUT2D eigenvalue weighted by Gasteiger charge is 2.49. The largest absolute Gasteiger partial charge is 0.283 e. The van der Waals surface area contributed by atoms with Crippen molar-refractivity contribution in [1.29, 1.82) is 0 Å². The van der Waals surface area contributed by atoms with Crippen LogP contribution in [0.2, 0.25) is 0 Å². The van der Waals surface area contributed by atoms with Gasteiger partial charge in [0.15, 0.2) is 5.11 Å². The summed E-state index contributed by atoms with van der Waals surface area (Å²) in [6.07, 6.45) is 0. The van der Waals surface area contributed by atoms with E-state index in [2.05, 4.69) is 0 Å². The summed E-state index contributed by atoms with van der Waals surface area (Å²) in [5, 5.41) is 0.266. The van der Waals surface area contributed by atoms with Gasteiger partial charge in [-0.25, -0.2) is 0 Å². The first-order chi connectivity index (χ1) is 11.9. The van der Waals surface area contributed by atoms with Gasteiger partial charge in [0.1, 0.15) is 5.41 Å². The second kappa shape index (κ2) is 6.76. The van der Waals surface area contributed by atoms with E-state index in [1.54, 1.807) is 13.8 Å². The molecule has 0 unspecified atom stereocenters. The summed E-state index contributed by atoms with van der Waals surface area (Å²) >= 11 is 5.51. The molecule has 3 rings (SSSR count). The topological polar surface area (TPSA) is 40.6 Å². The molecule has 0 radical (unpaired) electrons. The van der Waals surface area contributed by atoms with Crippen molar-refractivity contribution >= 4 is 29.1 Å². The van der Waals surface area contributed by atoms with Crippen molar-refractivity contribution in [2.24, 2.45) is 5.41 Å². The number of amides is 2. The molecule has 2 aromatic carbocycles. The van der Waals surface area contributed by atoms with E-state index in [0.717, 1.165) is 11.1 Å². The van der Waals surface area contributed by atoms with Gasteiger partial charge in [-0.15, -0.1) is 0 Å². The first-order valence-corrected chi connectivity index (χ1v) is 8.58. The summed E-state index contributed by atoms with van der Waals surface area (Å²) in [6.45, 7) is 4.05. The van der Waals surface area contributed by atoms with Gasteiger partial charge in [0, 0.05) is 0 Å². The molecule has 1 aliphatic heterocycles. The molecule has 1 aliphatic rings. The average Bonchev–Trinajstić information content (AvgIpc) is 2.63. The first-order valence-electron chi connectivity index (χ1n) is 8.17. The fourth-order valence-electron chi connectivity index (χ4n) is 2.90. The summed E-state index contributed by atoms with van der Waals surface area (Å²) in [5.41, 5.74) is 0.817. The minimum Gasteiger partial charge on any atom is -0.283 e. The maximum Gasteiger partial charge on any atom is 0.244 e. The van der Waals surface area contributed by atoms with Crippen LogP contribution in [-0.2, 0) is 22.7 Å². The Balaban J connectivity index is 1.91. The molecule has 2 amide bonds. The minimum atomic E-state index is -1.13. The van der Waals surface area contributed by atoms with E-state index in [9.17, 15) is 9.59 Å². The predicted molar refractivity (Wildman–Crippen MR) is 100 cm³/mol. The van der Waals surface area contributed by atoms with Crippen molar-refractivity contribution < 1.29 is 9.59 Å². The molecule has 1 fully saturated rings. The Morgan fingerprint density at radius 2 is 1.12 bits per heavy atom. The Kier molecular flexibility index (Phi) is 4.68. The molecule has 25 heavy (non-hydrogen) atoms. The Bertz CT molecular complexity index is 737. The predicted octanol–water partition coefficient (Wildman–Crippen LogP) is 3.37. The van der Waals surface area contributed by atoms with Crippen LogP contribution in [0.3, 0.4) is 0 Å². The van der Waals surface area contributed by atoms with Crippen LogP contribution in [-0.4, -0.2) is 26.7 Å². The number of nitrogens with zero attached hydrogens (tertiary/aromatic N) is 2. The lowest BCUT2D eigenvalue weighted by atomic mass is 9.87. The van der Waals surface area contributed by atoms with Gasteiger partial charge in [0.25, 0.3) is 0 Å². The molecule has 128 valence electrons. The molecule has 2 aromatic rings. The highest BCUT2D eigenvalue weighted by molar-refractivity contribution is 7.80. The molecular formula is C20H20N2O2S. The second-order valence-corrected chi connectivity index (χ2v) is 7.03. The number of rotatable bonds is 4. The lowest BCUT2D eigenvalue weighted by Gasteiger charge is -2.43. The van der Waals surface area contributed by atoms with Crippen LogP contribution >= 0.6 is 12.2 Å². The van der Waals surface area contributed by atoms with E-state index in [-0.39, 0.29) is 16.9 Å². The number of carbonyl (C=O) groups excluding carboxylic acids is 2. The maximum absolute atomic E-state index is 12.9. The molecule has 4 nitrogen and oxygen atoms in total. The molecule has 0 N–H and O–H groups in total. The average molecular weight is 352 g/mol. The quantitative estimate of drug-likeness (QED) is 0.626. The van der Waals surface area contributed by atoms with Crippen molar-refractivity contribution in [1.82, 2.24) is 9.80 Å². The van der Waals surface area contributed by atoms with Crippen LogP contribution in [0.15, 0.2) is 60.7 Å². The summed E-state index contributed by atoms with van der Waals surface area (Å²) in [5.74, 6) is -0.508. The SMILES string of the molecule is CC1(C)C(=O)N(Cc2ccccc2)C(=S)N(Cc2ccccc2)C1=O. The molecule has 0 aromatic heterocycles. The minimum absolute atomic E-state index is 0.254. The van der Waals surface area contributed by atoms with Crippen LogP contribution in [0.25, 0.3) is 0 Å². The third-order valence-corrected chi connectivity index (χ3v) is 4.83. The van der Waals surface area contributed by atoms with E-state index in [4.69, 9.17) is 12.2 Å². The number of thiocarbonyl (C=S) groups is 1. The Morgan fingerprint density at radius 1 is 0.760 bits per heavy atom. The van der Waals surface area contributed by atoms with Crippen LogP contribution in [0.1, 0.15) is 25.0 Å². The molecule has 0 atom stereocenters. The van der Waals surface area contributed by atoms with Crippen molar-refractivity contribution in [3.05, 3.63) is 71.8 Å². The van der Waals surface area contributed by atoms with E-state index in [1.807, 2.05) is 60.7 Å². The Hall–Kier alpha value is -2.53. The van der Waals surface area contributed by atoms with Gasteiger partial charge in [0.2, 0.25) is 11.8 Å². The highest BCUT2D eigenvalue weighted by atomic mass is 32.1. The lowest BCUT2D eigenvalue weighted by Crippen LogP contribution is -2.62. The van der Waals surface area contributed by atoms with Crippen molar-refractivity contribution in [2.45, 2.75) is 26.9 Å². The molecule has 0 saturated carbocycles. The van der Waals surface area contributed by atoms with Gasteiger partial charge in [-0.1, -0.05) is 60.7 Å². The zero-order chi connectivity index (χ0) is 18.0. The zero-order valence-corrected chi connectivity index (χ0v) is 15.1. The van der Waals surface area contributed by atoms with Crippen LogP contribution in [0.4, 0.5) is 0 Å². The van der Waals surface area contributed by atoms with E-state index in [0.29, 0.717) is 13.1 Å². The van der Waals surface area contributed by atoms with Gasteiger partial charge in [-0.2, -0.15) is 0 Å². The van der Waals surface area contributed by atoms with Gasteiger partial charge >= 0.3 is 0 Å². The van der Waals surface area contributed by atoms with Crippen LogP contribution in [0, 0.1) is 5.41 Å². The highest BCUT2D eigenvalue weighted by Crippen LogP contribution is 2.31. The summed E-state index contributed by atoms with van der Waals surface area (Å²) < 4.78 is 0. The fourth-order valence-corrected chi connectivity index (χ4v) is 3.19. The summed E-state index contributed by atoms with van der Waals surface area (Å²) in [7, 11) is 0. The normalized spacial score (nSPS) is 17.1. The number of carbonyl (C=O) groups is 2. The summed E-state index contributed by atoms with van der Waals surface area (Å²) in [6, 6.07) is 19.3. The lowest BCUT2D eigenvalue weighted by molar-refractivity contribution is -0.154. The molecule has 0 aliphatic carbocycles. The van der Waals surface area contributed by atoms with Crippen LogP contribution < -0.4 is 0 Å². The third kappa shape index (κ3) is 3.33. The fraction of sp³-hybridized carbons (Fsp3) is 0.250. The number of benzene rings is 2. The number of hydrogen-bond donors (Lipinski definition) is 0. The first kappa shape index (κ1) is 17.3. The van der Waals surface area contributed by atoms with Gasteiger partial charge in [-0.05, 0) is 37.2 Å². The molecule has 0 bridgehead atoms. The Morgan fingerprint density at radius 3 is 1.48 bits per heavy atom. The molecule has 1 saturated heterocycles. The van der Waals surface area contributed by atoms with E-state index < -0.39 is 5.41 Å². The molecule has 1 heterocycles. The molecular weight excluding hydrogens is 332 g/mol. The van der Waals surface area contributed by atoms with Gasteiger partial charge < -0.3 is 0 Å². The number of hydrogen-bond acceptors (Lipinski definition) is 3. The van der Waals surface area contributed by atoms with Crippen molar-refractivity contribution in [3.63, 3.8) is 0 Å². The van der Waals surface area contributed by atoms with E-state index in [1.165, 1.54) is 9.80 Å². The molecule has 5 heteroatoms. The van der Waals surface area contributed by atoms with Gasteiger partial charge in [-0.3, -0.25) is 19.4 Å². The standard InChI is InChI=1S/C20H20N2O2S/c1-20(2)17(23)21(13-15-9-5-3-6-10-15)19(25)22(18(20)24)14-16-11-7-4-8-12-16/h3-12H,13-14H2,1-2H3. The van der Waals surface area contributed by atoms with Crippen LogP contribution in [0.5, 0.6) is 0 Å². The maximum atomic E-state index is 12.9.